The second-order valence-corrected chi connectivity index (χ2v) is 7.34. The van der Waals surface area contributed by atoms with Crippen molar-refractivity contribution in [1.82, 2.24) is 9.47 Å². The van der Waals surface area contributed by atoms with E-state index in [0.717, 1.165) is 0 Å². The van der Waals surface area contributed by atoms with Gasteiger partial charge in [-0.15, -0.1) is 11.3 Å². The van der Waals surface area contributed by atoms with Crippen LogP contribution >= 0.6 is 11.3 Å². The van der Waals surface area contributed by atoms with Crippen molar-refractivity contribution in [2.75, 3.05) is 5.32 Å². The summed E-state index contributed by atoms with van der Waals surface area (Å²) in [7, 11) is 1.56. The topological polar surface area (TPSA) is 71.4 Å². The number of hydrogen-bond donors (Lipinski definition) is 1. The predicted molar refractivity (Wildman–Crippen MR) is 100 cm³/mol. The zero-order valence-electron chi connectivity index (χ0n) is 15.1. The Morgan fingerprint density at radius 3 is 2.36 bits per heavy atom. The molecule has 6 nitrogen and oxygen atoms in total. The highest BCUT2D eigenvalue weighted by atomic mass is 32.1. The van der Waals surface area contributed by atoms with Gasteiger partial charge in [0.2, 0.25) is 0 Å². The number of nitrogens with one attached hydrogen (secondary N) is 1. The van der Waals surface area contributed by atoms with Gasteiger partial charge in [-0.3, -0.25) is 14.4 Å². The van der Waals surface area contributed by atoms with Crippen LogP contribution in [-0.4, -0.2) is 33.4 Å². The largest absolute Gasteiger partial charge is 0.334 e. The number of aromatic nitrogens is 1. The summed E-state index contributed by atoms with van der Waals surface area (Å²) in [4.78, 5) is 39.6. The molecule has 0 aromatic carbocycles. The van der Waals surface area contributed by atoms with Crippen LogP contribution in [0.3, 0.4) is 0 Å². The summed E-state index contributed by atoms with van der Waals surface area (Å²) in [6, 6.07) is 4.94. The minimum Gasteiger partial charge on any atom is -0.334 e. The summed E-state index contributed by atoms with van der Waals surface area (Å²) < 4.78 is 1.32. The number of aryl methyl sites for hydroxylation is 1. The average Bonchev–Trinajstić information content (AvgIpc) is 3.05. The SMILES string of the molecule is CC(C)N(C(=O)c1cc(NC(=O)c2cccs2)c(=O)n(C)c1)C(C)C. The zero-order valence-corrected chi connectivity index (χ0v) is 15.9. The van der Waals surface area contributed by atoms with E-state index >= 15 is 0 Å². The Bertz CT molecular complexity index is 815. The van der Waals surface area contributed by atoms with E-state index in [-0.39, 0.29) is 35.1 Å². The van der Waals surface area contributed by atoms with E-state index < -0.39 is 0 Å². The molecule has 0 saturated carbocycles. The van der Waals surface area contributed by atoms with Crippen LogP contribution in [0.25, 0.3) is 0 Å². The summed E-state index contributed by atoms with van der Waals surface area (Å²) in [6.07, 6.45) is 1.50. The van der Waals surface area contributed by atoms with Gasteiger partial charge in [0.05, 0.1) is 10.4 Å². The minimum absolute atomic E-state index is 0.0221. The molecule has 0 saturated heterocycles. The van der Waals surface area contributed by atoms with Crippen LogP contribution in [0, 0.1) is 0 Å². The van der Waals surface area contributed by atoms with E-state index in [9.17, 15) is 14.4 Å². The van der Waals surface area contributed by atoms with E-state index in [0.29, 0.717) is 10.4 Å². The van der Waals surface area contributed by atoms with Gasteiger partial charge in [0.1, 0.15) is 5.69 Å². The molecule has 0 aliphatic heterocycles. The summed E-state index contributed by atoms with van der Waals surface area (Å²) in [5.74, 6) is -0.534. The monoisotopic (exact) mass is 361 g/mol. The van der Waals surface area contributed by atoms with Gasteiger partial charge >= 0.3 is 0 Å². The fraction of sp³-hybridized carbons (Fsp3) is 0.389. The Morgan fingerprint density at radius 2 is 1.84 bits per heavy atom. The second kappa shape index (κ2) is 7.65. The summed E-state index contributed by atoms with van der Waals surface area (Å²) in [5.41, 5.74) is 0.104. The molecule has 0 aliphatic rings. The van der Waals surface area contributed by atoms with Gasteiger partial charge < -0.3 is 14.8 Å². The van der Waals surface area contributed by atoms with Gasteiger partial charge in [-0.05, 0) is 45.2 Å². The smallest absolute Gasteiger partial charge is 0.274 e. The number of rotatable bonds is 5. The Hall–Kier alpha value is -2.41. The van der Waals surface area contributed by atoms with Crippen molar-refractivity contribution < 1.29 is 9.59 Å². The molecule has 0 fully saturated rings. The van der Waals surface area contributed by atoms with Crippen LogP contribution in [0.5, 0.6) is 0 Å². The van der Waals surface area contributed by atoms with Gasteiger partial charge in [0.25, 0.3) is 17.4 Å². The third-order valence-corrected chi connectivity index (χ3v) is 4.64. The van der Waals surface area contributed by atoms with Crippen molar-refractivity contribution in [3.63, 3.8) is 0 Å². The number of pyridine rings is 1. The first kappa shape index (κ1) is 18.9. The van der Waals surface area contributed by atoms with Gasteiger partial charge in [0, 0.05) is 25.3 Å². The maximum absolute atomic E-state index is 12.9. The molecule has 0 bridgehead atoms. The van der Waals surface area contributed by atoms with Gasteiger partial charge in [-0.25, -0.2) is 0 Å². The number of anilines is 1. The van der Waals surface area contributed by atoms with Gasteiger partial charge in [-0.2, -0.15) is 0 Å². The molecule has 0 radical (unpaired) electrons. The lowest BCUT2D eigenvalue weighted by Gasteiger charge is -2.31. The second-order valence-electron chi connectivity index (χ2n) is 6.39. The van der Waals surface area contributed by atoms with Gasteiger partial charge in [-0.1, -0.05) is 6.07 Å². The van der Waals surface area contributed by atoms with E-state index in [1.54, 1.807) is 29.5 Å². The fourth-order valence-corrected chi connectivity index (χ4v) is 3.34. The van der Waals surface area contributed by atoms with Crippen molar-refractivity contribution in [2.45, 2.75) is 39.8 Å². The number of hydrogen-bond acceptors (Lipinski definition) is 4. The molecule has 2 aromatic rings. The molecule has 7 heteroatoms. The van der Waals surface area contributed by atoms with Crippen molar-refractivity contribution in [3.05, 3.63) is 50.6 Å². The normalized spacial score (nSPS) is 11.0. The Labute approximate surface area is 151 Å². The molecule has 0 atom stereocenters. The molecule has 0 spiro atoms. The first-order valence-electron chi connectivity index (χ1n) is 8.10. The third-order valence-electron chi connectivity index (χ3n) is 3.77. The van der Waals surface area contributed by atoms with Crippen LogP contribution < -0.4 is 10.9 Å². The minimum atomic E-state index is -0.360. The molecule has 1 N–H and O–H groups in total. The molecule has 25 heavy (non-hydrogen) atoms. The Balaban J connectivity index is 2.39. The zero-order chi connectivity index (χ0) is 18.7. The molecule has 0 aliphatic carbocycles. The van der Waals surface area contributed by atoms with Crippen LogP contribution in [0.15, 0.2) is 34.6 Å². The number of amides is 2. The predicted octanol–water partition coefficient (Wildman–Crippen LogP) is 2.96. The maximum Gasteiger partial charge on any atom is 0.274 e. The van der Waals surface area contributed by atoms with Crippen LogP contribution in [0.4, 0.5) is 5.69 Å². The van der Waals surface area contributed by atoms with E-state index in [1.165, 1.54) is 28.2 Å². The van der Waals surface area contributed by atoms with E-state index in [4.69, 9.17) is 0 Å². The van der Waals surface area contributed by atoms with Crippen LogP contribution in [-0.2, 0) is 7.05 Å². The standard InChI is InChI=1S/C18H23N3O3S/c1-11(2)21(12(3)4)17(23)13-9-14(18(24)20(5)10-13)19-16(22)15-7-6-8-25-15/h6-12H,1-5H3,(H,19,22). The third kappa shape index (κ3) is 4.17. The fourth-order valence-electron chi connectivity index (χ4n) is 2.72. The molecular formula is C18H23N3O3S. The number of carbonyl (C=O) groups excluding carboxylic acids is 2. The number of thiophene rings is 1. The highest BCUT2D eigenvalue weighted by Crippen LogP contribution is 2.15. The Kier molecular flexibility index (Phi) is 5.79. The first-order valence-corrected chi connectivity index (χ1v) is 8.98. The van der Waals surface area contributed by atoms with E-state index in [1.807, 2.05) is 27.7 Å². The Morgan fingerprint density at radius 1 is 1.20 bits per heavy atom. The maximum atomic E-state index is 12.9. The molecule has 2 amide bonds. The number of carbonyl (C=O) groups is 2. The van der Waals surface area contributed by atoms with Crippen molar-refractivity contribution in [1.29, 1.82) is 0 Å². The van der Waals surface area contributed by atoms with Crippen molar-refractivity contribution in [3.8, 4) is 0 Å². The molecule has 0 unspecified atom stereocenters. The van der Waals surface area contributed by atoms with Crippen molar-refractivity contribution >= 4 is 28.8 Å². The molecule has 134 valence electrons. The summed E-state index contributed by atoms with van der Waals surface area (Å²) in [6.45, 7) is 7.78. The molecule has 2 heterocycles. The lowest BCUT2D eigenvalue weighted by molar-refractivity contribution is 0.0642. The van der Waals surface area contributed by atoms with E-state index in [2.05, 4.69) is 5.32 Å². The lowest BCUT2D eigenvalue weighted by atomic mass is 10.1. The highest BCUT2D eigenvalue weighted by molar-refractivity contribution is 7.12. The van der Waals surface area contributed by atoms with Crippen LogP contribution in [0.2, 0.25) is 0 Å². The first-order chi connectivity index (χ1) is 11.7. The molecular weight excluding hydrogens is 338 g/mol. The highest BCUT2D eigenvalue weighted by Gasteiger charge is 2.23. The number of nitrogens with zero attached hydrogens (tertiary/aromatic N) is 2. The van der Waals surface area contributed by atoms with Crippen molar-refractivity contribution in [2.24, 2.45) is 7.05 Å². The summed E-state index contributed by atoms with van der Waals surface area (Å²) >= 11 is 1.29. The lowest BCUT2D eigenvalue weighted by Crippen LogP contribution is -2.42. The average molecular weight is 361 g/mol. The van der Waals surface area contributed by atoms with Gasteiger partial charge in [0.15, 0.2) is 0 Å². The summed E-state index contributed by atoms with van der Waals surface area (Å²) in [5, 5.41) is 4.40. The molecule has 2 rings (SSSR count). The quantitative estimate of drug-likeness (QED) is 0.890. The van der Waals surface area contributed by atoms with Crippen LogP contribution in [0.1, 0.15) is 47.7 Å². The molecule has 2 aromatic heterocycles.